The summed E-state index contributed by atoms with van der Waals surface area (Å²) < 4.78 is 0. The van der Waals surface area contributed by atoms with Crippen LogP contribution in [0.25, 0.3) is 0 Å². The lowest BCUT2D eigenvalue weighted by atomic mass is 9.87. The van der Waals surface area contributed by atoms with E-state index in [4.69, 9.17) is 10.9 Å². The van der Waals surface area contributed by atoms with Crippen molar-refractivity contribution in [1.82, 2.24) is 0 Å². The van der Waals surface area contributed by atoms with Crippen molar-refractivity contribution < 1.29 is 10.0 Å². The second-order valence-corrected chi connectivity index (χ2v) is 5.56. The lowest BCUT2D eigenvalue weighted by Gasteiger charge is -2.19. The Hall–Kier alpha value is -2.04. The summed E-state index contributed by atoms with van der Waals surface area (Å²) >= 11 is 0. The highest BCUT2D eigenvalue weighted by molar-refractivity contribution is 6.07. The molecule has 0 aliphatic rings. The third-order valence-electron chi connectivity index (χ3n) is 2.97. The molecule has 1 aromatic carbocycles. The Bertz CT molecular complexity index is 472. The zero-order chi connectivity index (χ0) is 14.6. The fourth-order valence-corrected chi connectivity index (χ4v) is 1.52. The summed E-state index contributed by atoms with van der Waals surface area (Å²) in [6, 6.07) is 7.64. The highest BCUT2D eigenvalue weighted by atomic mass is 16.4. The first-order valence-electron chi connectivity index (χ1n) is 6.14. The molecule has 5 heteroatoms. The normalized spacial score (nSPS) is 14.0. The van der Waals surface area contributed by atoms with E-state index in [1.807, 2.05) is 24.3 Å². The van der Waals surface area contributed by atoms with Crippen LogP contribution in [0.3, 0.4) is 0 Å². The van der Waals surface area contributed by atoms with E-state index in [1.165, 1.54) is 5.56 Å². The van der Waals surface area contributed by atoms with Crippen molar-refractivity contribution in [3.8, 4) is 0 Å². The highest BCUT2D eigenvalue weighted by Gasteiger charge is 2.18. The molecule has 0 fully saturated rings. The number of hydrogen-bond acceptors (Lipinski definition) is 3. The quantitative estimate of drug-likeness (QED) is 0.338. The number of nitrogens with one attached hydrogen (secondary N) is 1. The minimum atomic E-state index is -0.674. The van der Waals surface area contributed by atoms with Crippen molar-refractivity contribution in [3.05, 3.63) is 29.8 Å². The van der Waals surface area contributed by atoms with Gasteiger partial charge in [-0.2, -0.15) is 0 Å². The first-order chi connectivity index (χ1) is 8.75. The van der Waals surface area contributed by atoms with Gasteiger partial charge in [0.2, 0.25) is 5.91 Å². The van der Waals surface area contributed by atoms with Crippen LogP contribution in [0, 0.1) is 5.92 Å². The molecule has 4 N–H and O–H groups in total. The van der Waals surface area contributed by atoms with E-state index in [1.54, 1.807) is 6.92 Å². The maximum absolute atomic E-state index is 11.8. The second-order valence-electron chi connectivity index (χ2n) is 5.56. The Morgan fingerprint density at radius 2 is 1.84 bits per heavy atom. The molecule has 0 saturated carbocycles. The lowest BCUT2D eigenvalue weighted by Crippen LogP contribution is -2.32. The average molecular weight is 263 g/mol. The number of hydrogen-bond donors (Lipinski definition) is 3. The number of rotatable bonds is 3. The van der Waals surface area contributed by atoms with Crippen molar-refractivity contribution in [3.63, 3.8) is 0 Å². The van der Waals surface area contributed by atoms with Crippen LogP contribution in [0.2, 0.25) is 0 Å². The Kier molecular flexibility index (Phi) is 4.53. The number of anilines is 1. The van der Waals surface area contributed by atoms with Gasteiger partial charge < -0.3 is 16.3 Å². The molecule has 0 aliphatic carbocycles. The van der Waals surface area contributed by atoms with Gasteiger partial charge in [0.25, 0.3) is 0 Å². The Morgan fingerprint density at radius 3 is 2.26 bits per heavy atom. The van der Waals surface area contributed by atoms with Crippen LogP contribution in [0.5, 0.6) is 0 Å². The smallest absolute Gasteiger partial charge is 0.234 e. The molecule has 0 bridgehead atoms. The maximum Gasteiger partial charge on any atom is 0.234 e. The van der Waals surface area contributed by atoms with E-state index in [9.17, 15) is 4.79 Å². The lowest BCUT2D eigenvalue weighted by molar-refractivity contribution is -0.117. The van der Waals surface area contributed by atoms with Gasteiger partial charge in [-0.3, -0.25) is 4.79 Å². The molecule has 0 aliphatic heterocycles. The molecular formula is C14H21N3O2. The number of nitrogens with two attached hydrogens (primary N) is 1. The molecule has 5 nitrogen and oxygen atoms in total. The van der Waals surface area contributed by atoms with E-state index >= 15 is 0 Å². The van der Waals surface area contributed by atoms with Crippen LogP contribution in [0.4, 0.5) is 5.69 Å². The summed E-state index contributed by atoms with van der Waals surface area (Å²) in [5.41, 5.74) is 7.34. The Labute approximate surface area is 113 Å². The molecule has 1 rings (SSSR count). The summed E-state index contributed by atoms with van der Waals surface area (Å²) in [5, 5.41) is 14.1. The van der Waals surface area contributed by atoms with Gasteiger partial charge in [0.05, 0.1) is 5.92 Å². The number of oxime groups is 1. The molecule has 19 heavy (non-hydrogen) atoms. The first kappa shape index (κ1) is 15.0. The number of nitrogens with zero attached hydrogens (tertiary/aromatic N) is 1. The molecule has 1 aromatic rings. The van der Waals surface area contributed by atoms with Crippen molar-refractivity contribution in [2.24, 2.45) is 16.8 Å². The summed E-state index contributed by atoms with van der Waals surface area (Å²) in [5.74, 6) is -1.09. The van der Waals surface area contributed by atoms with Gasteiger partial charge >= 0.3 is 0 Å². The molecule has 1 atom stereocenters. The molecule has 0 radical (unpaired) electrons. The molecule has 0 spiro atoms. The summed E-state index contributed by atoms with van der Waals surface area (Å²) in [6.07, 6.45) is 0. The zero-order valence-electron chi connectivity index (χ0n) is 11.8. The van der Waals surface area contributed by atoms with E-state index in [2.05, 4.69) is 31.2 Å². The van der Waals surface area contributed by atoms with Crippen LogP contribution in [-0.4, -0.2) is 17.0 Å². The van der Waals surface area contributed by atoms with Gasteiger partial charge in [0.1, 0.15) is 0 Å². The van der Waals surface area contributed by atoms with Gasteiger partial charge in [-0.15, -0.1) is 0 Å². The third-order valence-corrected chi connectivity index (χ3v) is 2.97. The minimum absolute atomic E-state index is 0.0732. The fourth-order valence-electron chi connectivity index (χ4n) is 1.52. The molecule has 0 aromatic heterocycles. The van der Waals surface area contributed by atoms with Crippen LogP contribution in [-0.2, 0) is 10.2 Å². The van der Waals surface area contributed by atoms with Gasteiger partial charge in [-0.1, -0.05) is 38.1 Å². The van der Waals surface area contributed by atoms with E-state index in [0.29, 0.717) is 5.69 Å². The number of amides is 1. The summed E-state index contributed by atoms with van der Waals surface area (Å²) in [4.78, 5) is 11.8. The molecular weight excluding hydrogens is 242 g/mol. The monoisotopic (exact) mass is 263 g/mol. The number of carbonyl (C=O) groups excluding carboxylic acids is 1. The number of carbonyl (C=O) groups is 1. The van der Waals surface area contributed by atoms with Gasteiger partial charge in [0, 0.05) is 5.69 Å². The van der Waals surface area contributed by atoms with Crippen LogP contribution in [0.1, 0.15) is 33.3 Å². The number of amidine groups is 1. The number of benzene rings is 1. The average Bonchev–Trinajstić information content (AvgIpc) is 2.36. The molecule has 1 unspecified atom stereocenters. The summed E-state index contributed by atoms with van der Waals surface area (Å²) in [7, 11) is 0. The summed E-state index contributed by atoms with van der Waals surface area (Å²) in [6.45, 7) is 7.96. The third kappa shape index (κ3) is 3.98. The zero-order valence-corrected chi connectivity index (χ0v) is 11.8. The van der Waals surface area contributed by atoms with Gasteiger partial charge in [-0.25, -0.2) is 0 Å². The van der Waals surface area contributed by atoms with Crippen molar-refractivity contribution in [2.45, 2.75) is 33.1 Å². The standard InChI is InChI=1S/C14H21N3O2/c1-9(12(15)17-19)13(18)16-11-7-5-10(6-8-11)14(2,3)4/h5-9,19H,1-4H3,(H2,15,17)(H,16,18). The highest BCUT2D eigenvalue weighted by Crippen LogP contribution is 2.23. The maximum atomic E-state index is 11.8. The fraction of sp³-hybridized carbons (Fsp3) is 0.429. The van der Waals surface area contributed by atoms with E-state index in [-0.39, 0.29) is 17.2 Å². The van der Waals surface area contributed by atoms with Crippen LogP contribution < -0.4 is 11.1 Å². The topological polar surface area (TPSA) is 87.7 Å². The predicted octanol–water partition coefficient (Wildman–Crippen LogP) is 2.31. The SMILES string of the molecule is CC(C(=O)Nc1ccc(C(C)(C)C)cc1)C(N)=NO. The Morgan fingerprint density at radius 1 is 1.32 bits per heavy atom. The van der Waals surface area contributed by atoms with E-state index < -0.39 is 5.92 Å². The molecule has 104 valence electrons. The van der Waals surface area contributed by atoms with Crippen molar-refractivity contribution in [1.29, 1.82) is 0 Å². The van der Waals surface area contributed by atoms with Crippen molar-refractivity contribution in [2.75, 3.05) is 5.32 Å². The van der Waals surface area contributed by atoms with Crippen molar-refractivity contribution >= 4 is 17.4 Å². The predicted molar refractivity (Wildman–Crippen MR) is 76.3 cm³/mol. The first-order valence-corrected chi connectivity index (χ1v) is 6.14. The van der Waals surface area contributed by atoms with Crippen LogP contribution in [0.15, 0.2) is 29.4 Å². The molecule has 0 heterocycles. The van der Waals surface area contributed by atoms with Gasteiger partial charge in [-0.05, 0) is 30.0 Å². The molecule has 1 amide bonds. The second kappa shape index (κ2) is 5.73. The Balaban J connectivity index is 2.76. The van der Waals surface area contributed by atoms with E-state index in [0.717, 1.165) is 0 Å². The largest absolute Gasteiger partial charge is 0.409 e. The van der Waals surface area contributed by atoms with Crippen LogP contribution >= 0.6 is 0 Å². The minimum Gasteiger partial charge on any atom is -0.409 e. The van der Waals surface area contributed by atoms with Gasteiger partial charge in [0.15, 0.2) is 5.84 Å². The molecule has 0 saturated heterocycles.